The number of halogens is 1. The molecule has 35 heavy (non-hydrogen) atoms. The molecule has 3 aromatic carbocycles. The lowest BCUT2D eigenvalue weighted by molar-refractivity contribution is -0.119. The SMILES string of the molecule is Cc1ccc(N(CC(=O)NCc2ccc(-n3ccnc3C)cc2)S(=O)(=O)c2ccc(Cl)cc2)cc1. The zero-order valence-electron chi connectivity index (χ0n) is 19.3. The van der Waals surface area contributed by atoms with E-state index in [1.165, 1.54) is 24.3 Å². The molecule has 0 aliphatic heterocycles. The second kappa shape index (κ2) is 10.3. The van der Waals surface area contributed by atoms with Gasteiger partial charge in [0.25, 0.3) is 10.0 Å². The summed E-state index contributed by atoms with van der Waals surface area (Å²) in [7, 11) is -3.99. The van der Waals surface area contributed by atoms with Gasteiger partial charge >= 0.3 is 0 Å². The molecule has 0 aliphatic carbocycles. The maximum atomic E-state index is 13.4. The molecule has 9 heteroatoms. The molecule has 7 nitrogen and oxygen atoms in total. The van der Waals surface area contributed by atoms with Gasteiger partial charge in [-0.15, -0.1) is 0 Å². The lowest BCUT2D eigenvalue weighted by Crippen LogP contribution is -2.40. The number of benzene rings is 3. The van der Waals surface area contributed by atoms with Crippen molar-refractivity contribution in [2.75, 3.05) is 10.8 Å². The van der Waals surface area contributed by atoms with Crippen LogP contribution in [-0.2, 0) is 21.4 Å². The molecule has 0 bridgehead atoms. The molecular weight excluding hydrogens is 484 g/mol. The van der Waals surface area contributed by atoms with Gasteiger partial charge in [-0.1, -0.05) is 41.4 Å². The Morgan fingerprint density at radius 2 is 1.63 bits per heavy atom. The Morgan fingerprint density at radius 3 is 2.23 bits per heavy atom. The second-order valence-corrected chi connectivity index (χ2v) is 10.4. The number of hydrogen-bond donors (Lipinski definition) is 1. The Morgan fingerprint density at radius 1 is 0.971 bits per heavy atom. The third kappa shape index (κ3) is 5.72. The van der Waals surface area contributed by atoms with Gasteiger partial charge in [-0.25, -0.2) is 13.4 Å². The molecule has 0 atom stereocenters. The first-order chi connectivity index (χ1) is 16.7. The number of anilines is 1. The van der Waals surface area contributed by atoms with Gasteiger partial charge in [0, 0.05) is 29.6 Å². The minimum atomic E-state index is -3.99. The van der Waals surface area contributed by atoms with E-state index >= 15 is 0 Å². The molecule has 0 radical (unpaired) electrons. The van der Waals surface area contributed by atoms with Gasteiger partial charge < -0.3 is 9.88 Å². The quantitative estimate of drug-likeness (QED) is 0.375. The van der Waals surface area contributed by atoms with Crippen LogP contribution in [0.2, 0.25) is 5.02 Å². The third-order valence-electron chi connectivity index (χ3n) is 5.54. The van der Waals surface area contributed by atoms with Crippen LogP contribution in [0.4, 0.5) is 5.69 Å². The van der Waals surface area contributed by atoms with Gasteiger partial charge in [-0.05, 0) is 67.9 Å². The molecule has 0 aliphatic rings. The normalized spacial score (nSPS) is 11.3. The number of rotatable bonds is 8. The van der Waals surface area contributed by atoms with Crippen molar-refractivity contribution in [2.24, 2.45) is 0 Å². The number of carbonyl (C=O) groups excluding carboxylic acids is 1. The molecular formula is C26H25ClN4O3S. The number of nitrogens with zero attached hydrogens (tertiary/aromatic N) is 3. The lowest BCUT2D eigenvalue weighted by Gasteiger charge is -2.24. The van der Waals surface area contributed by atoms with Crippen molar-refractivity contribution in [3.05, 3.63) is 107 Å². The fraction of sp³-hybridized carbons (Fsp3) is 0.154. The first-order valence-corrected chi connectivity index (χ1v) is 12.8. The highest BCUT2D eigenvalue weighted by Gasteiger charge is 2.27. The standard InChI is InChI=1S/C26H25ClN4O3S/c1-19-3-9-24(10-4-19)31(35(33,34)25-13-7-22(27)8-14-25)18-26(32)29-17-21-5-11-23(12-6-21)30-16-15-28-20(30)2/h3-16H,17-18H2,1-2H3,(H,29,32). The Hall–Kier alpha value is -3.62. The van der Waals surface area contributed by atoms with Crippen LogP contribution in [0.1, 0.15) is 17.0 Å². The molecule has 0 saturated heterocycles. The smallest absolute Gasteiger partial charge is 0.264 e. The highest BCUT2D eigenvalue weighted by atomic mass is 35.5. The molecule has 1 N–H and O–H groups in total. The van der Waals surface area contributed by atoms with E-state index in [4.69, 9.17) is 11.6 Å². The number of nitrogens with one attached hydrogen (secondary N) is 1. The number of hydrogen-bond acceptors (Lipinski definition) is 4. The van der Waals surface area contributed by atoms with E-state index in [1.54, 1.807) is 30.5 Å². The molecule has 1 amide bonds. The predicted molar refractivity (Wildman–Crippen MR) is 137 cm³/mol. The largest absolute Gasteiger partial charge is 0.350 e. The van der Waals surface area contributed by atoms with Crippen LogP contribution in [-0.4, -0.2) is 30.4 Å². The Labute approximate surface area is 210 Å². The minimum absolute atomic E-state index is 0.0562. The number of aryl methyl sites for hydroxylation is 2. The van der Waals surface area contributed by atoms with Crippen LogP contribution in [0.5, 0.6) is 0 Å². The Balaban J connectivity index is 1.50. The van der Waals surface area contributed by atoms with E-state index in [0.29, 0.717) is 10.7 Å². The maximum absolute atomic E-state index is 13.4. The van der Waals surface area contributed by atoms with Crippen molar-refractivity contribution in [2.45, 2.75) is 25.3 Å². The van der Waals surface area contributed by atoms with Crippen LogP contribution in [0.15, 0.2) is 90.1 Å². The van der Waals surface area contributed by atoms with Crippen molar-refractivity contribution in [1.29, 1.82) is 0 Å². The summed E-state index contributed by atoms with van der Waals surface area (Å²) in [4.78, 5) is 17.1. The summed E-state index contributed by atoms with van der Waals surface area (Å²) in [5, 5.41) is 3.25. The van der Waals surface area contributed by atoms with Crippen molar-refractivity contribution < 1.29 is 13.2 Å². The summed E-state index contributed by atoms with van der Waals surface area (Å²) in [5.74, 6) is 0.460. The van der Waals surface area contributed by atoms with Gasteiger partial charge in [0.15, 0.2) is 0 Å². The summed E-state index contributed by atoms with van der Waals surface area (Å²) in [6, 6.07) is 20.6. The summed E-state index contributed by atoms with van der Waals surface area (Å²) in [6.07, 6.45) is 3.62. The Kier molecular flexibility index (Phi) is 7.23. The highest BCUT2D eigenvalue weighted by molar-refractivity contribution is 7.92. The number of sulfonamides is 1. The van der Waals surface area contributed by atoms with Crippen LogP contribution < -0.4 is 9.62 Å². The first-order valence-electron chi connectivity index (χ1n) is 10.9. The third-order valence-corrected chi connectivity index (χ3v) is 7.58. The van der Waals surface area contributed by atoms with Gasteiger partial charge in [-0.3, -0.25) is 9.10 Å². The van der Waals surface area contributed by atoms with Gasteiger partial charge in [-0.2, -0.15) is 0 Å². The van der Waals surface area contributed by atoms with Crippen LogP contribution in [0.3, 0.4) is 0 Å². The van der Waals surface area contributed by atoms with Crippen molar-refractivity contribution in [1.82, 2.24) is 14.9 Å². The molecule has 1 aromatic heterocycles. The fourth-order valence-corrected chi connectivity index (χ4v) is 5.12. The zero-order valence-corrected chi connectivity index (χ0v) is 20.9. The Bertz CT molecular complexity index is 1410. The highest BCUT2D eigenvalue weighted by Crippen LogP contribution is 2.25. The van der Waals surface area contributed by atoms with E-state index in [2.05, 4.69) is 10.3 Å². The molecule has 4 aromatic rings. The maximum Gasteiger partial charge on any atom is 0.264 e. The fourth-order valence-electron chi connectivity index (χ4n) is 3.57. The molecule has 4 rings (SSSR count). The van der Waals surface area contributed by atoms with Crippen LogP contribution >= 0.6 is 11.6 Å². The van der Waals surface area contributed by atoms with E-state index in [1.807, 2.05) is 48.9 Å². The minimum Gasteiger partial charge on any atom is -0.350 e. The number of amides is 1. The number of aromatic nitrogens is 2. The summed E-state index contributed by atoms with van der Waals surface area (Å²) in [6.45, 7) is 3.74. The van der Waals surface area contributed by atoms with Crippen molar-refractivity contribution >= 4 is 33.2 Å². The van der Waals surface area contributed by atoms with E-state index < -0.39 is 15.9 Å². The molecule has 180 valence electrons. The molecule has 0 spiro atoms. The molecule has 0 saturated carbocycles. The average Bonchev–Trinajstić information content (AvgIpc) is 3.28. The van der Waals surface area contributed by atoms with E-state index in [0.717, 1.165) is 26.9 Å². The summed E-state index contributed by atoms with van der Waals surface area (Å²) in [5.41, 5.74) is 3.24. The van der Waals surface area contributed by atoms with Crippen LogP contribution in [0.25, 0.3) is 5.69 Å². The van der Waals surface area contributed by atoms with Gasteiger partial charge in [0.1, 0.15) is 12.4 Å². The average molecular weight is 509 g/mol. The lowest BCUT2D eigenvalue weighted by atomic mass is 10.2. The second-order valence-electron chi connectivity index (χ2n) is 8.09. The molecule has 0 fully saturated rings. The number of imidazole rings is 1. The van der Waals surface area contributed by atoms with E-state index in [9.17, 15) is 13.2 Å². The summed E-state index contributed by atoms with van der Waals surface area (Å²) >= 11 is 5.93. The molecule has 0 unspecified atom stereocenters. The topological polar surface area (TPSA) is 84.3 Å². The van der Waals surface area contributed by atoms with Crippen LogP contribution in [0, 0.1) is 13.8 Å². The monoisotopic (exact) mass is 508 g/mol. The first kappa shape index (κ1) is 24.5. The predicted octanol–water partition coefficient (Wildman–Crippen LogP) is 4.65. The van der Waals surface area contributed by atoms with Gasteiger partial charge in [0.05, 0.1) is 10.6 Å². The van der Waals surface area contributed by atoms with Crippen molar-refractivity contribution in [3.8, 4) is 5.69 Å². The van der Waals surface area contributed by atoms with E-state index in [-0.39, 0.29) is 18.0 Å². The molecule has 1 heterocycles. The van der Waals surface area contributed by atoms with Crippen molar-refractivity contribution in [3.63, 3.8) is 0 Å². The van der Waals surface area contributed by atoms with Gasteiger partial charge in [0.2, 0.25) is 5.91 Å². The zero-order chi connectivity index (χ0) is 25.0. The number of carbonyl (C=O) groups is 1. The summed E-state index contributed by atoms with van der Waals surface area (Å²) < 4.78 is 29.9.